The molecule has 0 fully saturated rings. The molecule has 2 aromatic carbocycles. The van der Waals surface area contributed by atoms with E-state index in [1.165, 1.54) is 12.1 Å². The number of nitrogens with zero attached hydrogens (tertiary/aromatic N) is 1. The van der Waals surface area contributed by atoms with Crippen LogP contribution in [0.25, 0.3) is 22.0 Å². The van der Waals surface area contributed by atoms with Crippen LogP contribution >= 0.6 is 0 Å². The van der Waals surface area contributed by atoms with Crippen LogP contribution in [0.15, 0.2) is 59.5 Å². The SMILES string of the molecule is O=c1c(-c2ccc([N+](=O)[O-])cc2)c[nH]c2ccccc12. The number of para-hydroxylation sites is 1. The molecule has 0 aliphatic carbocycles. The van der Waals surface area contributed by atoms with Gasteiger partial charge in [0.05, 0.1) is 4.92 Å². The molecule has 0 spiro atoms. The number of nitro groups is 1. The van der Waals surface area contributed by atoms with Gasteiger partial charge in [0.1, 0.15) is 0 Å². The minimum Gasteiger partial charge on any atom is -0.360 e. The molecule has 0 aliphatic rings. The molecule has 0 radical (unpaired) electrons. The van der Waals surface area contributed by atoms with Crippen LogP contribution in [-0.4, -0.2) is 9.91 Å². The number of nitrogens with one attached hydrogen (secondary N) is 1. The van der Waals surface area contributed by atoms with E-state index in [2.05, 4.69) is 4.98 Å². The summed E-state index contributed by atoms with van der Waals surface area (Å²) in [6, 6.07) is 13.2. The van der Waals surface area contributed by atoms with Gasteiger partial charge in [-0.3, -0.25) is 14.9 Å². The van der Waals surface area contributed by atoms with Gasteiger partial charge < -0.3 is 4.98 Å². The maximum atomic E-state index is 12.4. The zero-order chi connectivity index (χ0) is 14.1. The molecule has 5 heteroatoms. The van der Waals surface area contributed by atoms with Gasteiger partial charge in [-0.25, -0.2) is 0 Å². The van der Waals surface area contributed by atoms with Crippen LogP contribution in [0.5, 0.6) is 0 Å². The van der Waals surface area contributed by atoms with Crippen molar-refractivity contribution >= 4 is 16.6 Å². The van der Waals surface area contributed by atoms with Crippen molar-refractivity contribution in [3.05, 3.63) is 75.1 Å². The summed E-state index contributed by atoms with van der Waals surface area (Å²) in [5.74, 6) is 0. The molecule has 0 unspecified atom stereocenters. The monoisotopic (exact) mass is 266 g/mol. The third kappa shape index (κ3) is 1.95. The summed E-state index contributed by atoms with van der Waals surface area (Å²) >= 11 is 0. The second-order valence-electron chi connectivity index (χ2n) is 4.38. The Morgan fingerprint density at radius 1 is 1.00 bits per heavy atom. The number of hydrogen-bond donors (Lipinski definition) is 1. The van der Waals surface area contributed by atoms with Crippen molar-refractivity contribution < 1.29 is 4.92 Å². The second kappa shape index (κ2) is 4.62. The Labute approximate surface area is 113 Å². The summed E-state index contributed by atoms with van der Waals surface area (Å²) < 4.78 is 0. The van der Waals surface area contributed by atoms with Crippen molar-refractivity contribution in [3.8, 4) is 11.1 Å². The van der Waals surface area contributed by atoms with Crippen LogP contribution in [0.4, 0.5) is 5.69 Å². The number of fused-ring (bicyclic) bond motifs is 1. The first-order valence-corrected chi connectivity index (χ1v) is 6.02. The summed E-state index contributed by atoms with van der Waals surface area (Å²) in [5, 5.41) is 11.2. The first-order chi connectivity index (χ1) is 9.66. The molecule has 0 bridgehead atoms. The van der Waals surface area contributed by atoms with Crippen LogP contribution in [0.1, 0.15) is 0 Å². The highest BCUT2D eigenvalue weighted by atomic mass is 16.6. The van der Waals surface area contributed by atoms with E-state index in [9.17, 15) is 14.9 Å². The highest BCUT2D eigenvalue weighted by Crippen LogP contribution is 2.20. The molecule has 98 valence electrons. The van der Waals surface area contributed by atoms with Gasteiger partial charge in [0.15, 0.2) is 5.43 Å². The molecule has 1 heterocycles. The summed E-state index contributed by atoms with van der Waals surface area (Å²) in [4.78, 5) is 25.6. The molecular weight excluding hydrogens is 256 g/mol. The molecule has 20 heavy (non-hydrogen) atoms. The van der Waals surface area contributed by atoms with E-state index in [1.807, 2.05) is 12.1 Å². The average Bonchev–Trinajstić information content (AvgIpc) is 2.48. The maximum absolute atomic E-state index is 12.4. The quantitative estimate of drug-likeness (QED) is 0.572. The first-order valence-electron chi connectivity index (χ1n) is 6.02. The van der Waals surface area contributed by atoms with Gasteiger partial charge in [-0.2, -0.15) is 0 Å². The smallest absolute Gasteiger partial charge is 0.269 e. The van der Waals surface area contributed by atoms with Crippen molar-refractivity contribution in [3.63, 3.8) is 0 Å². The van der Waals surface area contributed by atoms with Crippen LogP contribution in [0.3, 0.4) is 0 Å². The number of hydrogen-bond acceptors (Lipinski definition) is 3. The molecule has 0 saturated carbocycles. The molecule has 1 N–H and O–H groups in total. The van der Waals surface area contributed by atoms with Gasteiger partial charge in [-0.05, 0) is 29.8 Å². The maximum Gasteiger partial charge on any atom is 0.269 e. The number of benzene rings is 2. The topological polar surface area (TPSA) is 76.0 Å². The predicted molar refractivity (Wildman–Crippen MR) is 76.7 cm³/mol. The number of aromatic nitrogens is 1. The van der Waals surface area contributed by atoms with Crippen molar-refractivity contribution in [1.82, 2.24) is 4.98 Å². The third-order valence-corrected chi connectivity index (χ3v) is 3.18. The lowest BCUT2D eigenvalue weighted by atomic mass is 10.0. The van der Waals surface area contributed by atoms with Gasteiger partial charge in [0.2, 0.25) is 0 Å². The molecule has 5 nitrogen and oxygen atoms in total. The van der Waals surface area contributed by atoms with Gasteiger partial charge in [0, 0.05) is 34.8 Å². The predicted octanol–water partition coefficient (Wildman–Crippen LogP) is 3.10. The van der Waals surface area contributed by atoms with Crippen molar-refractivity contribution in [2.75, 3.05) is 0 Å². The standard InChI is InChI=1S/C15H10N2O3/c18-15-12-3-1-2-4-14(12)16-9-13(15)10-5-7-11(8-6-10)17(19)20/h1-9H,(H,16,18). The Morgan fingerprint density at radius 3 is 2.40 bits per heavy atom. The Hall–Kier alpha value is -2.95. The Balaban J connectivity index is 2.17. The molecule has 3 rings (SSSR count). The lowest BCUT2D eigenvalue weighted by Crippen LogP contribution is -2.06. The summed E-state index contributed by atoms with van der Waals surface area (Å²) in [6.07, 6.45) is 1.63. The van der Waals surface area contributed by atoms with Crippen LogP contribution in [0.2, 0.25) is 0 Å². The third-order valence-electron chi connectivity index (χ3n) is 3.18. The van der Waals surface area contributed by atoms with Gasteiger partial charge in [-0.1, -0.05) is 12.1 Å². The number of non-ortho nitro benzene ring substituents is 1. The van der Waals surface area contributed by atoms with Gasteiger partial charge in [0.25, 0.3) is 5.69 Å². The molecule has 1 aromatic heterocycles. The normalized spacial score (nSPS) is 10.6. The van der Waals surface area contributed by atoms with Crippen LogP contribution in [-0.2, 0) is 0 Å². The van der Waals surface area contributed by atoms with Crippen LogP contribution in [0, 0.1) is 10.1 Å². The van der Waals surface area contributed by atoms with Crippen molar-refractivity contribution in [1.29, 1.82) is 0 Å². The van der Waals surface area contributed by atoms with E-state index < -0.39 is 4.92 Å². The molecule has 0 aliphatic heterocycles. The minimum absolute atomic E-state index is 0.00553. The first kappa shape index (κ1) is 12.1. The van der Waals surface area contributed by atoms with E-state index in [4.69, 9.17) is 0 Å². The van der Waals surface area contributed by atoms with Crippen LogP contribution < -0.4 is 5.43 Å². The zero-order valence-electron chi connectivity index (χ0n) is 10.4. The van der Waals surface area contributed by atoms with E-state index in [0.717, 1.165) is 5.52 Å². The molecule has 0 saturated heterocycles. The van der Waals surface area contributed by atoms with Gasteiger partial charge >= 0.3 is 0 Å². The minimum atomic E-state index is -0.464. The number of rotatable bonds is 2. The van der Waals surface area contributed by atoms with E-state index in [1.54, 1.807) is 30.5 Å². The molecule has 0 amide bonds. The Morgan fingerprint density at radius 2 is 1.70 bits per heavy atom. The summed E-state index contributed by atoms with van der Waals surface area (Å²) in [7, 11) is 0. The summed E-state index contributed by atoms with van der Waals surface area (Å²) in [5.41, 5.74) is 1.84. The molecule has 3 aromatic rings. The fourth-order valence-electron chi connectivity index (χ4n) is 2.14. The second-order valence-corrected chi connectivity index (χ2v) is 4.38. The average molecular weight is 266 g/mol. The fraction of sp³-hybridized carbons (Fsp3) is 0. The van der Waals surface area contributed by atoms with Crippen molar-refractivity contribution in [2.24, 2.45) is 0 Å². The fourth-order valence-corrected chi connectivity index (χ4v) is 2.14. The Kier molecular flexibility index (Phi) is 2.80. The number of H-pyrrole nitrogens is 1. The summed E-state index contributed by atoms with van der Waals surface area (Å²) in [6.45, 7) is 0. The van der Waals surface area contributed by atoms with Crippen molar-refractivity contribution in [2.45, 2.75) is 0 Å². The van der Waals surface area contributed by atoms with E-state index >= 15 is 0 Å². The Bertz CT molecular complexity index is 851. The number of pyridine rings is 1. The lowest BCUT2D eigenvalue weighted by Gasteiger charge is -2.03. The number of aromatic amines is 1. The molecular formula is C15H10N2O3. The molecule has 0 atom stereocenters. The lowest BCUT2D eigenvalue weighted by molar-refractivity contribution is -0.384. The highest BCUT2D eigenvalue weighted by Gasteiger charge is 2.09. The highest BCUT2D eigenvalue weighted by molar-refractivity contribution is 5.83. The zero-order valence-corrected chi connectivity index (χ0v) is 10.4. The van der Waals surface area contributed by atoms with Gasteiger partial charge in [-0.15, -0.1) is 0 Å². The number of nitro benzene ring substituents is 1. The van der Waals surface area contributed by atoms with E-state index in [-0.39, 0.29) is 11.1 Å². The largest absolute Gasteiger partial charge is 0.360 e. The van der Waals surface area contributed by atoms with E-state index in [0.29, 0.717) is 16.5 Å².